The minimum absolute atomic E-state index is 0.439. The lowest BCUT2D eigenvalue weighted by Crippen LogP contribution is -2.11. The maximum atomic E-state index is 6.05. The molecule has 1 aliphatic rings. The van der Waals surface area contributed by atoms with Crippen LogP contribution in [0.2, 0.25) is 5.02 Å². The number of nitrogens with zero attached hydrogens (tertiary/aromatic N) is 3. The number of rotatable bonds is 3. The molecule has 2 aromatic heterocycles. The summed E-state index contributed by atoms with van der Waals surface area (Å²) in [5, 5.41) is 8.17. The summed E-state index contributed by atoms with van der Waals surface area (Å²) in [5.74, 6) is 1.58. The fraction of sp³-hybridized carbons (Fsp3) is 0.211. The lowest BCUT2D eigenvalue weighted by Gasteiger charge is -2.15. The zero-order valence-corrected chi connectivity index (χ0v) is 14.8. The Kier molecular flexibility index (Phi) is 4.01. The van der Waals surface area contributed by atoms with Gasteiger partial charge in [-0.15, -0.1) is 0 Å². The van der Waals surface area contributed by atoms with Crippen LogP contribution in [0.25, 0.3) is 11.1 Å². The number of benzene rings is 1. The molecule has 1 aliphatic heterocycles. The van der Waals surface area contributed by atoms with Crippen LogP contribution < -0.4 is 5.32 Å². The molecular weight excluding hydrogens is 336 g/mol. The monoisotopic (exact) mass is 352 g/mol. The van der Waals surface area contributed by atoms with Crippen LogP contribution in [0, 0.1) is 6.92 Å². The Hall–Kier alpha value is -2.66. The molecule has 1 N–H and O–H groups in total. The van der Waals surface area contributed by atoms with Crippen LogP contribution >= 0.6 is 11.6 Å². The van der Waals surface area contributed by atoms with Crippen molar-refractivity contribution >= 4 is 23.1 Å². The zero-order chi connectivity index (χ0) is 17.4. The largest absolute Gasteiger partial charge is 0.370 e. The minimum atomic E-state index is 0.439. The number of aryl methyl sites for hydroxylation is 1. The van der Waals surface area contributed by atoms with Crippen molar-refractivity contribution in [2.45, 2.75) is 20.4 Å². The number of hydrogen-bond donors (Lipinski definition) is 1. The van der Waals surface area contributed by atoms with Gasteiger partial charge in [-0.1, -0.05) is 28.9 Å². The summed E-state index contributed by atoms with van der Waals surface area (Å²) in [6, 6.07) is 9.70. The Morgan fingerprint density at radius 3 is 2.72 bits per heavy atom. The van der Waals surface area contributed by atoms with Crippen LogP contribution in [0.5, 0.6) is 0 Å². The molecule has 126 valence electrons. The Labute approximate surface area is 150 Å². The first-order valence-corrected chi connectivity index (χ1v) is 8.56. The second-order valence-corrected chi connectivity index (χ2v) is 6.29. The van der Waals surface area contributed by atoms with E-state index in [1.807, 2.05) is 44.2 Å². The average molecular weight is 353 g/mol. The minimum Gasteiger partial charge on any atom is -0.370 e. The number of hydrogen-bond acceptors (Lipinski definition) is 5. The van der Waals surface area contributed by atoms with Crippen molar-refractivity contribution in [1.29, 1.82) is 0 Å². The molecule has 0 spiro atoms. The molecule has 4 rings (SSSR count). The van der Waals surface area contributed by atoms with Gasteiger partial charge in [0.15, 0.2) is 5.76 Å². The molecule has 3 heterocycles. The van der Waals surface area contributed by atoms with Crippen molar-refractivity contribution in [2.75, 3.05) is 11.9 Å². The van der Waals surface area contributed by atoms with Crippen molar-refractivity contribution in [3.05, 3.63) is 64.1 Å². The Morgan fingerprint density at radius 2 is 1.96 bits per heavy atom. The molecule has 0 bridgehead atoms. The highest BCUT2D eigenvalue weighted by atomic mass is 35.5. The fourth-order valence-corrected chi connectivity index (χ4v) is 3.28. The predicted molar refractivity (Wildman–Crippen MR) is 99.4 cm³/mol. The standard InChI is InChI=1S/C19H17ClN4O/c1-3-21-19-17-14(8-9-22-19)16-11(2)24-25-15(16)10-23-18(17)12-4-6-13(20)7-5-12/h4-9H,3,10H2,1-2H3,(H,21,22). The van der Waals surface area contributed by atoms with E-state index in [2.05, 4.69) is 15.5 Å². The van der Waals surface area contributed by atoms with Crippen molar-refractivity contribution in [3.8, 4) is 11.1 Å². The second-order valence-electron chi connectivity index (χ2n) is 5.85. The van der Waals surface area contributed by atoms with E-state index in [1.165, 1.54) is 0 Å². The molecule has 0 radical (unpaired) electrons. The van der Waals surface area contributed by atoms with E-state index in [0.29, 0.717) is 11.6 Å². The van der Waals surface area contributed by atoms with Crippen LogP contribution in [0.3, 0.4) is 0 Å². The van der Waals surface area contributed by atoms with Gasteiger partial charge in [0.05, 0.1) is 22.5 Å². The first kappa shape index (κ1) is 15.8. The molecule has 0 fully saturated rings. The highest BCUT2D eigenvalue weighted by molar-refractivity contribution is 6.30. The fourth-order valence-electron chi connectivity index (χ4n) is 3.15. The maximum Gasteiger partial charge on any atom is 0.166 e. The van der Waals surface area contributed by atoms with Gasteiger partial charge in [-0.05, 0) is 32.0 Å². The zero-order valence-electron chi connectivity index (χ0n) is 14.0. The Morgan fingerprint density at radius 1 is 1.16 bits per heavy atom. The molecule has 0 unspecified atom stereocenters. The van der Waals surface area contributed by atoms with Crippen LogP contribution in [0.15, 0.2) is 46.0 Å². The third-order valence-electron chi connectivity index (χ3n) is 4.23. The molecule has 0 amide bonds. The van der Waals surface area contributed by atoms with E-state index in [-0.39, 0.29) is 0 Å². The van der Waals surface area contributed by atoms with Crippen LogP contribution in [0.4, 0.5) is 5.82 Å². The summed E-state index contributed by atoms with van der Waals surface area (Å²) >= 11 is 6.05. The van der Waals surface area contributed by atoms with Gasteiger partial charge in [-0.25, -0.2) is 4.98 Å². The number of halogens is 1. The number of nitrogens with one attached hydrogen (secondary N) is 1. The molecule has 0 atom stereocenters. The summed E-state index contributed by atoms with van der Waals surface area (Å²) < 4.78 is 5.51. The number of pyridine rings is 1. The summed E-state index contributed by atoms with van der Waals surface area (Å²) in [6.45, 7) is 5.21. The summed E-state index contributed by atoms with van der Waals surface area (Å²) in [5.41, 5.74) is 5.74. The number of anilines is 1. The molecule has 25 heavy (non-hydrogen) atoms. The highest BCUT2D eigenvalue weighted by Gasteiger charge is 2.26. The van der Waals surface area contributed by atoms with Gasteiger partial charge in [0.1, 0.15) is 12.4 Å². The SMILES string of the molecule is CCNc1nccc2c1C(c1ccc(Cl)cc1)=NCc1onc(C)c1-2. The molecular formula is C19H17ClN4O. The van der Waals surface area contributed by atoms with Gasteiger partial charge in [-0.3, -0.25) is 4.99 Å². The molecule has 0 saturated heterocycles. The third-order valence-corrected chi connectivity index (χ3v) is 4.49. The van der Waals surface area contributed by atoms with Gasteiger partial charge in [0.2, 0.25) is 0 Å². The van der Waals surface area contributed by atoms with E-state index in [0.717, 1.165) is 51.8 Å². The smallest absolute Gasteiger partial charge is 0.166 e. The average Bonchev–Trinajstić information content (AvgIpc) is 2.89. The third kappa shape index (κ3) is 2.70. The van der Waals surface area contributed by atoms with Crippen molar-refractivity contribution in [2.24, 2.45) is 4.99 Å². The van der Waals surface area contributed by atoms with Gasteiger partial charge in [0, 0.05) is 28.9 Å². The quantitative estimate of drug-likeness (QED) is 0.754. The normalized spacial score (nSPS) is 12.8. The van der Waals surface area contributed by atoms with Crippen LogP contribution in [-0.2, 0) is 6.54 Å². The first-order valence-electron chi connectivity index (χ1n) is 8.18. The van der Waals surface area contributed by atoms with Crippen LogP contribution in [0.1, 0.15) is 29.5 Å². The van der Waals surface area contributed by atoms with Crippen LogP contribution in [-0.4, -0.2) is 22.4 Å². The van der Waals surface area contributed by atoms with E-state index >= 15 is 0 Å². The Balaban J connectivity index is 2.00. The maximum absolute atomic E-state index is 6.05. The van der Waals surface area contributed by atoms with E-state index in [9.17, 15) is 0 Å². The molecule has 1 aromatic carbocycles. The molecule has 3 aromatic rings. The summed E-state index contributed by atoms with van der Waals surface area (Å²) in [7, 11) is 0. The lowest BCUT2D eigenvalue weighted by molar-refractivity contribution is 0.382. The summed E-state index contributed by atoms with van der Waals surface area (Å²) in [6.07, 6.45) is 1.80. The number of aliphatic imine (C=N–C) groups is 1. The molecule has 0 aliphatic carbocycles. The van der Waals surface area contributed by atoms with Crippen molar-refractivity contribution in [1.82, 2.24) is 10.1 Å². The number of fused-ring (bicyclic) bond motifs is 3. The first-order chi connectivity index (χ1) is 12.2. The Bertz CT molecular complexity index is 960. The number of aromatic nitrogens is 2. The van der Waals surface area contributed by atoms with E-state index in [1.54, 1.807) is 6.20 Å². The van der Waals surface area contributed by atoms with E-state index < -0.39 is 0 Å². The molecule has 6 heteroatoms. The van der Waals surface area contributed by atoms with Gasteiger partial charge < -0.3 is 9.84 Å². The van der Waals surface area contributed by atoms with Crippen molar-refractivity contribution < 1.29 is 4.52 Å². The highest BCUT2D eigenvalue weighted by Crippen LogP contribution is 2.37. The molecule has 0 saturated carbocycles. The van der Waals surface area contributed by atoms with Gasteiger partial charge in [0.25, 0.3) is 0 Å². The topological polar surface area (TPSA) is 63.3 Å². The van der Waals surface area contributed by atoms with Gasteiger partial charge in [-0.2, -0.15) is 0 Å². The second kappa shape index (κ2) is 6.33. The van der Waals surface area contributed by atoms with Crippen molar-refractivity contribution in [3.63, 3.8) is 0 Å². The van der Waals surface area contributed by atoms with E-state index in [4.69, 9.17) is 21.1 Å². The summed E-state index contributed by atoms with van der Waals surface area (Å²) in [4.78, 5) is 9.36. The lowest BCUT2D eigenvalue weighted by atomic mass is 9.94. The predicted octanol–water partition coefficient (Wildman–Crippen LogP) is 4.48. The van der Waals surface area contributed by atoms with Gasteiger partial charge >= 0.3 is 0 Å². The molecule has 5 nitrogen and oxygen atoms in total.